The molecule has 21 heavy (non-hydrogen) atoms. The largest absolute Gasteiger partial charge is 0.355 e. The second-order valence-electron chi connectivity index (χ2n) is 6.33. The molecule has 1 aliphatic heterocycles. The van der Waals surface area contributed by atoms with Crippen LogP contribution < -0.4 is 5.32 Å². The number of carbonyl (C=O) groups excluding carboxylic acids is 2. The molecule has 1 aromatic rings. The van der Waals surface area contributed by atoms with Gasteiger partial charge in [0.15, 0.2) is 0 Å². The van der Waals surface area contributed by atoms with E-state index in [2.05, 4.69) is 15.5 Å². The Morgan fingerprint density at radius 1 is 1.43 bits per heavy atom. The third kappa shape index (κ3) is 4.00. The van der Waals surface area contributed by atoms with Crippen LogP contribution in [0.15, 0.2) is 0 Å². The van der Waals surface area contributed by atoms with Gasteiger partial charge in [0.2, 0.25) is 11.8 Å². The normalized spacial score (nSPS) is 19.1. The number of nitrogens with one attached hydrogen (secondary N) is 1. The molecule has 1 aromatic heterocycles. The molecule has 0 radical (unpaired) electrons. The van der Waals surface area contributed by atoms with Gasteiger partial charge in [-0.15, -0.1) is 21.5 Å². The first-order valence-corrected chi connectivity index (χ1v) is 7.96. The Hall–Kier alpha value is -1.50. The van der Waals surface area contributed by atoms with Crippen molar-refractivity contribution in [1.82, 2.24) is 20.4 Å². The minimum Gasteiger partial charge on any atom is -0.355 e. The highest BCUT2D eigenvalue weighted by Crippen LogP contribution is 2.25. The van der Waals surface area contributed by atoms with Gasteiger partial charge in [0.25, 0.3) is 0 Å². The van der Waals surface area contributed by atoms with Crippen molar-refractivity contribution >= 4 is 23.2 Å². The maximum absolute atomic E-state index is 12.1. The number of rotatable bonds is 4. The molecule has 7 heteroatoms. The Labute approximate surface area is 128 Å². The van der Waals surface area contributed by atoms with Crippen LogP contribution in [0.5, 0.6) is 0 Å². The summed E-state index contributed by atoms with van der Waals surface area (Å²) >= 11 is 1.54. The number of likely N-dealkylation sites (tertiary alicyclic amines) is 1. The van der Waals surface area contributed by atoms with Crippen molar-refractivity contribution < 1.29 is 9.59 Å². The fourth-order valence-electron chi connectivity index (χ4n) is 2.41. The average molecular weight is 310 g/mol. The van der Waals surface area contributed by atoms with Crippen molar-refractivity contribution in [1.29, 1.82) is 0 Å². The third-order valence-electron chi connectivity index (χ3n) is 3.51. The van der Waals surface area contributed by atoms with E-state index in [0.717, 1.165) is 10.0 Å². The summed E-state index contributed by atoms with van der Waals surface area (Å²) in [7, 11) is 0. The molecule has 1 fully saturated rings. The van der Waals surface area contributed by atoms with Crippen molar-refractivity contribution in [3.63, 3.8) is 0 Å². The highest BCUT2D eigenvalue weighted by atomic mass is 32.1. The predicted molar refractivity (Wildman–Crippen MR) is 80.9 cm³/mol. The minimum absolute atomic E-state index is 0.0451. The van der Waals surface area contributed by atoms with E-state index < -0.39 is 0 Å². The second kappa shape index (κ2) is 6.09. The number of carbonyl (C=O) groups is 2. The maximum Gasteiger partial charge on any atom is 0.225 e. The van der Waals surface area contributed by atoms with Gasteiger partial charge in [-0.05, 0) is 27.7 Å². The van der Waals surface area contributed by atoms with Gasteiger partial charge < -0.3 is 10.2 Å². The molecule has 0 bridgehead atoms. The Balaban J connectivity index is 1.80. The molecular formula is C14H22N4O2S. The van der Waals surface area contributed by atoms with Gasteiger partial charge in [0.1, 0.15) is 10.0 Å². The topological polar surface area (TPSA) is 75.2 Å². The Morgan fingerprint density at radius 3 is 2.67 bits per heavy atom. The number of hydrogen-bond acceptors (Lipinski definition) is 5. The van der Waals surface area contributed by atoms with Crippen LogP contribution in [-0.2, 0) is 16.0 Å². The fourth-order valence-corrected chi connectivity index (χ4v) is 3.12. The second-order valence-corrected chi connectivity index (χ2v) is 7.60. The molecule has 2 amide bonds. The van der Waals surface area contributed by atoms with Crippen molar-refractivity contribution in [2.24, 2.45) is 5.92 Å². The zero-order chi connectivity index (χ0) is 15.6. The summed E-state index contributed by atoms with van der Waals surface area (Å²) in [6.07, 6.45) is 0.988. The summed E-state index contributed by atoms with van der Waals surface area (Å²) in [5.41, 5.74) is -0.226. The van der Waals surface area contributed by atoms with Crippen LogP contribution in [-0.4, -0.2) is 45.5 Å². The zero-order valence-electron chi connectivity index (χ0n) is 13.0. The van der Waals surface area contributed by atoms with Gasteiger partial charge >= 0.3 is 0 Å². The third-order valence-corrected chi connectivity index (χ3v) is 4.41. The first-order valence-electron chi connectivity index (χ1n) is 7.14. The van der Waals surface area contributed by atoms with Crippen LogP contribution in [0.25, 0.3) is 0 Å². The van der Waals surface area contributed by atoms with Crippen molar-refractivity contribution in [2.75, 3.05) is 13.1 Å². The van der Waals surface area contributed by atoms with Gasteiger partial charge in [0, 0.05) is 31.5 Å². The molecule has 1 aliphatic rings. The SMILES string of the molecule is Cc1nnc(CCNC(=O)[C@@H]2CC(=O)N(C(C)(C)C)C2)s1. The van der Waals surface area contributed by atoms with Gasteiger partial charge in [-0.25, -0.2) is 0 Å². The fraction of sp³-hybridized carbons (Fsp3) is 0.714. The predicted octanol–water partition coefficient (Wildman–Crippen LogP) is 1.15. The number of amides is 2. The molecule has 1 atom stereocenters. The van der Waals surface area contributed by atoms with Crippen LogP contribution in [0.4, 0.5) is 0 Å². The van der Waals surface area contributed by atoms with Crippen molar-refractivity contribution in [3.8, 4) is 0 Å². The van der Waals surface area contributed by atoms with E-state index in [0.29, 0.717) is 25.9 Å². The van der Waals surface area contributed by atoms with E-state index in [1.165, 1.54) is 11.3 Å². The summed E-state index contributed by atoms with van der Waals surface area (Å²) < 4.78 is 0. The highest BCUT2D eigenvalue weighted by Gasteiger charge is 2.39. The molecule has 2 rings (SSSR count). The molecule has 1 saturated heterocycles. The lowest BCUT2D eigenvalue weighted by Crippen LogP contribution is -2.43. The summed E-state index contributed by atoms with van der Waals surface area (Å²) in [4.78, 5) is 25.9. The average Bonchev–Trinajstić information content (AvgIpc) is 2.95. The molecule has 2 heterocycles. The summed E-state index contributed by atoms with van der Waals surface area (Å²) in [6.45, 7) is 8.92. The molecule has 0 aliphatic carbocycles. The van der Waals surface area contributed by atoms with Crippen LogP contribution in [0.3, 0.4) is 0 Å². The first-order chi connectivity index (χ1) is 9.77. The summed E-state index contributed by atoms with van der Waals surface area (Å²) in [5.74, 6) is -0.230. The van der Waals surface area contributed by atoms with Crippen molar-refractivity contribution in [3.05, 3.63) is 10.0 Å². The quantitative estimate of drug-likeness (QED) is 0.905. The number of aryl methyl sites for hydroxylation is 1. The maximum atomic E-state index is 12.1. The molecule has 116 valence electrons. The van der Waals surface area contributed by atoms with E-state index in [-0.39, 0.29) is 23.3 Å². The minimum atomic E-state index is -0.243. The number of hydrogen-bond donors (Lipinski definition) is 1. The summed E-state index contributed by atoms with van der Waals surface area (Å²) in [6, 6.07) is 0. The zero-order valence-corrected chi connectivity index (χ0v) is 13.8. The monoisotopic (exact) mass is 310 g/mol. The molecular weight excluding hydrogens is 288 g/mol. The lowest BCUT2D eigenvalue weighted by atomic mass is 10.1. The van der Waals surface area contributed by atoms with E-state index in [1.807, 2.05) is 27.7 Å². The van der Waals surface area contributed by atoms with Gasteiger partial charge in [-0.2, -0.15) is 0 Å². The van der Waals surface area contributed by atoms with E-state index in [4.69, 9.17) is 0 Å². The molecule has 0 spiro atoms. The van der Waals surface area contributed by atoms with Crippen LogP contribution in [0.1, 0.15) is 37.2 Å². The Morgan fingerprint density at radius 2 is 2.14 bits per heavy atom. The van der Waals surface area contributed by atoms with E-state index in [9.17, 15) is 9.59 Å². The number of nitrogens with zero attached hydrogens (tertiary/aromatic N) is 3. The van der Waals surface area contributed by atoms with Crippen LogP contribution in [0, 0.1) is 12.8 Å². The lowest BCUT2D eigenvalue weighted by molar-refractivity contribution is -0.132. The molecule has 0 aromatic carbocycles. The van der Waals surface area contributed by atoms with Gasteiger partial charge in [-0.1, -0.05) is 0 Å². The smallest absolute Gasteiger partial charge is 0.225 e. The Bertz CT molecular complexity index is 535. The highest BCUT2D eigenvalue weighted by molar-refractivity contribution is 7.11. The molecule has 0 unspecified atom stereocenters. The van der Waals surface area contributed by atoms with E-state index >= 15 is 0 Å². The molecule has 0 saturated carbocycles. The molecule has 6 nitrogen and oxygen atoms in total. The van der Waals surface area contributed by atoms with Gasteiger partial charge in [0.05, 0.1) is 5.92 Å². The molecule has 1 N–H and O–H groups in total. The van der Waals surface area contributed by atoms with Gasteiger partial charge in [-0.3, -0.25) is 9.59 Å². The lowest BCUT2D eigenvalue weighted by Gasteiger charge is -2.31. The first kappa shape index (κ1) is 15.9. The van der Waals surface area contributed by atoms with Crippen molar-refractivity contribution in [2.45, 2.75) is 46.1 Å². The van der Waals surface area contributed by atoms with E-state index in [1.54, 1.807) is 4.90 Å². The summed E-state index contributed by atoms with van der Waals surface area (Å²) in [5, 5.41) is 12.7. The van der Waals surface area contributed by atoms with Crippen LogP contribution >= 0.6 is 11.3 Å². The number of aromatic nitrogens is 2. The standard InChI is InChI=1S/C14H22N4O2S/c1-9-16-17-11(21-9)5-6-15-13(20)10-7-12(19)18(8-10)14(2,3)4/h10H,5-8H2,1-4H3,(H,15,20)/t10-/m1/s1. The Kier molecular flexibility index (Phi) is 4.61. The van der Waals surface area contributed by atoms with Crippen LogP contribution in [0.2, 0.25) is 0 Å².